The zero-order valence-electron chi connectivity index (χ0n) is 24.1. The van der Waals surface area contributed by atoms with E-state index >= 15 is 0 Å². The smallest absolute Gasteiger partial charge is 0.264 e. The topological polar surface area (TPSA) is 86.8 Å². The third-order valence-corrected chi connectivity index (χ3v) is 9.92. The predicted molar refractivity (Wildman–Crippen MR) is 168 cm³/mol. The van der Waals surface area contributed by atoms with Gasteiger partial charge >= 0.3 is 0 Å². The highest BCUT2D eigenvalue weighted by Gasteiger charge is 2.35. The number of hydrogen-bond donors (Lipinski definition) is 1. The first-order valence-corrected chi connectivity index (χ1v) is 16.4. The van der Waals surface area contributed by atoms with Gasteiger partial charge in [-0.05, 0) is 86.2 Å². The second-order valence-electron chi connectivity index (χ2n) is 10.8. The maximum atomic E-state index is 14.3. The van der Waals surface area contributed by atoms with Crippen molar-refractivity contribution in [3.8, 4) is 0 Å². The van der Waals surface area contributed by atoms with Crippen molar-refractivity contribution in [1.29, 1.82) is 0 Å². The fourth-order valence-electron chi connectivity index (χ4n) is 5.46. The Morgan fingerprint density at radius 2 is 1.60 bits per heavy atom. The fourth-order valence-corrected chi connectivity index (χ4v) is 7.35. The Bertz CT molecular complexity index is 1510. The second kappa shape index (κ2) is 13.9. The predicted octanol–water partition coefficient (Wildman–Crippen LogP) is 6.67. The number of rotatable bonds is 11. The molecule has 3 aromatic carbocycles. The molecule has 1 aliphatic rings. The van der Waals surface area contributed by atoms with Gasteiger partial charge in [-0.3, -0.25) is 13.9 Å². The maximum absolute atomic E-state index is 14.3. The van der Waals surface area contributed by atoms with Crippen molar-refractivity contribution >= 4 is 50.7 Å². The van der Waals surface area contributed by atoms with E-state index in [9.17, 15) is 18.0 Å². The van der Waals surface area contributed by atoms with Crippen molar-refractivity contribution in [2.24, 2.45) is 0 Å². The molecule has 42 heavy (non-hydrogen) atoms. The third kappa shape index (κ3) is 7.65. The summed E-state index contributed by atoms with van der Waals surface area (Å²) in [6.45, 7) is 5.10. The van der Waals surface area contributed by atoms with Crippen LogP contribution in [0.25, 0.3) is 0 Å². The number of halogens is 2. The number of carbonyl (C=O) groups excluding carboxylic acids is 2. The second-order valence-corrected chi connectivity index (χ2v) is 13.5. The summed E-state index contributed by atoms with van der Waals surface area (Å²) in [6, 6.07) is 17.7. The van der Waals surface area contributed by atoms with E-state index in [1.807, 2.05) is 26.8 Å². The summed E-state index contributed by atoms with van der Waals surface area (Å²) in [6.07, 6.45) is 4.23. The van der Waals surface area contributed by atoms with Gasteiger partial charge in [0.25, 0.3) is 10.0 Å². The molecule has 1 N–H and O–H groups in total. The SMILES string of the molecule is CC[C@@H](C(=O)NC1CCCC1)N(Cc1ccc(Cl)cc1Cl)C(=O)CN(c1cc(C)cc(C)c1)S(=O)(=O)c1ccccc1. The monoisotopic (exact) mass is 629 g/mol. The molecule has 0 spiro atoms. The van der Waals surface area contributed by atoms with Crippen LogP contribution >= 0.6 is 23.2 Å². The first-order valence-electron chi connectivity index (χ1n) is 14.2. The highest BCUT2D eigenvalue weighted by atomic mass is 35.5. The number of anilines is 1. The van der Waals surface area contributed by atoms with Gasteiger partial charge < -0.3 is 10.2 Å². The molecule has 1 fully saturated rings. The van der Waals surface area contributed by atoms with Gasteiger partial charge in [0.05, 0.1) is 10.6 Å². The van der Waals surface area contributed by atoms with Crippen LogP contribution in [0.3, 0.4) is 0 Å². The summed E-state index contributed by atoms with van der Waals surface area (Å²) in [5.41, 5.74) is 2.69. The molecule has 224 valence electrons. The summed E-state index contributed by atoms with van der Waals surface area (Å²) in [7, 11) is -4.13. The van der Waals surface area contributed by atoms with Gasteiger partial charge in [-0.2, -0.15) is 0 Å². The first kappa shape index (κ1) is 31.9. The van der Waals surface area contributed by atoms with Crippen molar-refractivity contribution in [3.05, 3.63) is 93.5 Å². The minimum absolute atomic E-state index is 0.0114. The molecule has 4 rings (SSSR count). The zero-order valence-corrected chi connectivity index (χ0v) is 26.5. The molecule has 0 aromatic heterocycles. The normalized spacial score (nSPS) is 14.4. The summed E-state index contributed by atoms with van der Waals surface area (Å²) >= 11 is 12.6. The Hall–Kier alpha value is -3.07. The van der Waals surface area contributed by atoms with E-state index in [0.29, 0.717) is 27.7 Å². The van der Waals surface area contributed by atoms with E-state index in [0.717, 1.165) is 41.1 Å². The molecule has 0 radical (unpaired) electrons. The molecule has 1 atom stereocenters. The zero-order chi connectivity index (χ0) is 30.4. The van der Waals surface area contributed by atoms with E-state index in [4.69, 9.17) is 23.2 Å². The van der Waals surface area contributed by atoms with Crippen LogP contribution < -0.4 is 9.62 Å². The number of amides is 2. The van der Waals surface area contributed by atoms with Gasteiger partial charge in [0.1, 0.15) is 12.6 Å². The van der Waals surface area contributed by atoms with E-state index in [2.05, 4.69) is 5.32 Å². The molecule has 3 aromatic rings. The molecule has 0 aliphatic heterocycles. The van der Waals surface area contributed by atoms with Crippen LogP contribution in [0.4, 0.5) is 5.69 Å². The van der Waals surface area contributed by atoms with E-state index in [1.165, 1.54) is 17.0 Å². The number of carbonyl (C=O) groups is 2. The Morgan fingerprint density at radius 1 is 0.952 bits per heavy atom. The van der Waals surface area contributed by atoms with E-state index < -0.39 is 28.5 Å². The Kier molecular flexibility index (Phi) is 10.6. The molecule has 0 heterocycles. The molecule has 0 bridgehead atoms. The van der Waals surface area contributed by atoms with Crippen LogP contribution in [-0.4, -0.2) is 43.8 Å². The lowest BCUT2D eigenvalue weighted by molar-refractivity contribution is -0.140. The maximum Gasteiger partial charge on any atom is 0.264 e. The van der Waals surface area contributed by atoms with Crippen LogP contribution in [0.5, 0.6) is 0 Å². The fraction of sp³-hybridized carbons (Fsp3) is 0.375. The average Bonchev–Trinajstić information content (AvgIpc) is 3.45. The Labute approximate surface area is 258 Å². The van der Waals surface area contributed by atoms with Gasteiger partial charge in [-0.1, -0.05) is 73.3 Å². The molecule has 2 amide bonds. The lowest BCUT2D eigenvalue weighted by Crippen LogP contribution is -2.53. The lowest BCUT2D eigenvalue weighted by atomic mass is 10.1. The number of benzene rings is 3. The molecule has 1 aliphatic carbocycles. The van der Waals surface area contributed by atoms with E-state index in [-0.39, 0.29) is 23.4 Å². The number of nitrogens with one attached hydrogen (secondary N) is 1. The quantitative estimate of drug-likeness (QED) is 0.256. The van der Waals surface area contributed by atoms with Crippen LogP contribution in [-0.2, 0) is 26.2 Å². The highest BCUT2D eigenvalue weighted by Crippen LogP contribution is 2.28. The number of aryl methyl sites for hydroxylation is 2. The van der Waals surface area contributed by atoms with Gasteiger partial charge in [0, 0.05) is 22.6 Å². The Balaban J connectivity index is 1.75. The van der Waals surface area contributed by atoms with Gasteiger partial charge in [-0.25, -0.2) is 8.42 Å². The standard InChI is InChI=1S/C32H37Cl2N3O4S/c1-4-30(32(39)35-26-10-8-9-11-26)36(20-24-14-15-25(33)19-29(24)34)31(38)21-37(27-17-22(2)16-23(3)18-27)42(40,41)28-12-6-5-7-13-28/h5-7,12-19,26,30H,4,8-11,20-21H2,1-3H3,(H,35,39)/t30-/m0/s1. The number of sulfonamides is 1. The Morgan fingerprint density at radius 3 is 2.19 bits per heavy atom. The minimum Gasteiger partial charge on any atom is -0.352 e. The lowest BCUT2D eigenvalue weighted by Gasteiger charge is -2.34. The molecule has 1 saturated carbocycles. The van der Waals surface area contributed by atoms with Gasteiger partial charge in [0.2, 0.25) is 11.8 Å². The van der Waals surface area contributed by atoms with Crippen LogP contribution in [0.2, 0.25) is 10.0 Å². The van der Waals surface area contributed by atoms with Crippen LogP contribution in [0.1, 0.15) is 55.7 Å². The largest absolute Gasteiger partial charge is 0.352 e. The summed E-state index contributed by atoms with van der Waals surface area (Å²) < 4.78 is 29.1. The average molecular weight is 631 g/mol. The van der Waals surface area contributed by atoms with Crippen molar-refractivity contribution in [2.75, 3.05) is 10.8 Å². The highest BCUT2D eigenvalue weighted by molar-refractivity contribution is 7.92. The third-order valence-electron chi connectivity index (χ3n) is 7.55. The molecule has 10 heteroatoms. The number of nitrogens with zero attached hydrogens (tertiary/aromatic N) is 2. The van der Waals surface area contributed by atoms with Crippen molar-refractivity contribution in [3.63, 3.8) is 0 Å². The van der Waals surface area contributed by atoms with Crippen molar-refractivity contribution < 1.29 is 18.0 Å². The molecule has 0 unspecified atom stereocenters. The van der Waals surface area contributed by atoms with Gasteiger partial charge in [0.15, 0.2) is 0 Å². The minimum atomic E-state index is -4.13. The van der Waals surface area contributed by atoms with Crippen molar-refractivity contribution in [2.45, 2.75) is 76.4 Å². The first-order chi connectivity index (χ1) is 20.0. The van der Waals surface area contributed by atoms with Crippen LogP contribution in [0.15, 0.2) is 71.6 Å². The van der Waals surface area contributed by atoms with Crippen LogP contribution in [0, 0.1) is 13.8 Å². The molecular formula is C32H37Cl2N3O4S. The molecular weight excluding hydrogens is 593 g/mol. The molecule has 0 saturated heterocycles. The summed E-state index contributed by atoms with van der Waals surface area (Å²) in [4.78, 5) is 29.4. The summed E-state index contributed by atoms with van der Waals surface area (Å²) in [5.74, 6) is -0.778. The summed E-state index contributed by atoms with van der Waals surface area (Å²) in [5, 5.41) is 3.91. The number of hydrogen-bond acceptors (Lipinski definition) is 4. The van der Waals surface area contributed by atoms with Gasteiger partial charge in [-0.15, -0.1) is 0 Å². The van der Waals surface area contributed by atoms with Crippen molar-refractivity contribution in [1.82, 2.24) is 10.2 Å². The van der Waals surface area contributed by atoms with E-state index in [1.54, 1.807) is 48.5 Å². The molecule has 7 nitrogen and oxygen atoms in total.